The van der Waals surface area contributed by atoms with Crippen LogP contribution in [0.25, 0.3) is 0 Å². The van der Waals surface area contributed by atoms with Gasteiger partial charge < -0.3 is 14.9 Å². The van der Waals surface area contributed by atoms with Gasteiger partial charge in [0.05, 0.1) is 0 Å². The van der Waals surface area contributed by atoms with E-state index in [1.807, 2.05) is 0 Å². The van der Waals surface area contributed by atoms with Crippen LogP contribution in [-0.2, 0) is 19.8 Å². The van der Waals surface area contributed by atoms with Crippen molar-refractivity contribution in [2.24, 2.45) is 0 Å². The van der Waals surface area contributed by atoms with Crippen molar-refractivity contribution in [2.45, 2.75) is 5.41 Å². The fourth-order valence-corrected chi connectivity index (χ4v) is 1.99. The second-order valence-corrected chi connectivity index (χ2v) is 4.43. The summed E-state index contributed by atoms with van der Waals surface area (Å²) in [6.45, 7) is 0. The summed E-state index contributed by atoms with van der Waals surface area (Å²) in [5.41, 5.74) is -3.01. The SMILES string of the molecule is O=C(O)C(C(=O)O)(C(=O)Oc1ccccc1)c1ccccc1. The summed E-state index contributed by atoms with van der Waals surface area (Å²) >= 11 is 0. The summed E-state index contributed by atoms with van der Waals surface area (Å²) < 4.78 is 4.96. The van der Waals surface area contributed by atoms with Crippen LogP contribution < -0.4 is 4.74 Å². The average Bonchev–Trinajstić information content (AvgIpc) is 2.49. The molecule has 0 radical (unpaired) electrons. The van der Waals surface area contributed by atoms with Gasteiger partial charge >= 0.3 is 17.9 Å². The van der Waals surface area contributed by atoms with Gasteiger partial charge in [0, 0.05) is 0 Å². The van der Waals surface area contributed by atoms with Crippen molar-refractivity contribution in [1.82, 2.24) is 0 Å². The van der Waals surface area contributed by atoms with E-state index >= 15 is 0 Å². The van der Waals surface area contributed by atoms with E-state index in [0.29, 0.717) is 0 Å². The molecule has 0 heterocycles. The third kappa shape index (κ3) is 2.54. The molecule has 0 amide bonds. The van der Waals surface area contributed by atoms with Crippen molar-refractivity contribution < 1.29 is 29.3 Å². The lowest BCUT2D eigenvalue weighted by atomic mass is 9.80. The zero-order valence-corrected chi connectivity index (χ0v) is 11.3. The molecule has 0 aliphatic carbocycles. The first-order chi connectivity index (χ1) is 10.5. The highest BCUT2D eigenvalue weighted by Gasteiger charge is 2.57. The Hall–Kier alpha value is -3.15. The third-order valence-corrected chi connectivity index (χ3v) is 3.11. The monoisotopic (exact) mass is 300 g/mol. The summed E-state index contributed by atoms with van der Waals surface area (Å²) in [5.74, 6) is -4.94. The lowest BCUT2D eigenvalue weighted by Gasteiger charge is -2.23. The number of hydrogen-bond acceptors (Lipinski definition) is 4. The minimum atomic E-state index is -2.82. The van der Waals surface area contributed by atoms with Crippen molar-refractivity contribution in [1.29, 1.82) is 0 Å². The molecule has 0 aromatic heterocycles. The molecular formula is C16H12O6. The van der Waals surface area contributed by atoms with E-state index in [9.17, 15) is 24.6 Å². The molecule has 22 heavy (non-hydrogen) atoms. The Morgan fingerprint density at radius 1 is 0.773 bits per heavy atom. The lowest BCUT2D eigenvalue weighted by Crippen LogP contribution is -2.52. The standard InChI is InChI=1S/C16H12O6/c17-13(18)16(14(19)20,11-7-3-1-4-8-11)15(21)22-12-9-5-2-6-10-12/h1-10H,(H,17,18)(H,19,20). The number of esters is 1. The first-order valence-electron chi connectivity index (χ1n) is 6.29. The van der Waals surface area contributed by atoms with E-state index in [1.54, 1.807) is 24.3 Å². The Balaban J connectivity index is 2.51. The normalized spacial score (nSPS) is 10.7. The van der Waals surface area contributed by atoms with Crippen LogP contribution in [-0.4, -0.2) is 28.1 Å². The second kappa shape index (κ2) is 6.09. The highest BCUT2D eigenvalue weighted by atomic mass is 16.5. The third-order valence-electron chi connectivity index (χ3n) is 3.11. The first kappa shape index (κ1) is 15.2. The van der Waals surface area contributed by atoms with E-state index in [2.05, 4.69) is 0 Å². The van der Waals surface area contributed by atoms with Gasteiger partial charge in [0.25, 0.3) is 5.41 Å². The van der Waals surface area contributed by atoms with Gasteiger partial charge in [-0.1, -0.05) is 48.5 Å². The van der Waals surface area contributed by atoms with Crippen molar-refractivity contribution in [3.05, 3.63) is 66.2 Å². The van der Waals surface area contributed by atoms with E-state index in [4.69, 9.17) is 4.74 Å². The molecule has 2 N–H and O–H groups in total. The number of carbonyl (C=O) groups is 3. The van der Waals surface area contributed by atoms with Gasteiger partial charge in [-0.2, -0.15) is 0 Å². The van der Waals surface area contributed by atoms with Crippen LogP contribution in [0.5, 0.6) is 5.75 Å². The van der Waals surface area contributed by atoms with Crippen LogP contribution in [0.4, 0.5) is 0 Å². The van der Waals surface area contributed by atoms with E-state index in [-0.39, 0.29) is 11.3 Å². The highest BCUT2D eigenvalue weighted by molar-refractivity contribution is 6.23. The quantitative estimate of drug-likeness (QED) is 0.495. The molecule has 0 saturated heterocycles. The van der Waals surface area contributed by atoms with Gasteiger partial charge in [0.2, 0.25) is 0 Å². The number of carboxylic acids is 2. The number of ether oxygens (including phenoxy) is 1. The van der Waals surface area contributed by atoms with Gasteiger partial charge in [0.1, 0.15) is 5.75 Å². The van der Waals surface area contributed by atoms with Gasteiger partial charge in [-0.05, 0) is 17.7 Å². The smallest absolute Gasteiger partial charge is 0.345 e. The Kier molecular flexibility index (Phi) is 4.22. The van der Waals surface area contributed by atoms with Crippen LogP contribution in [0.15, 0.2) is 60.7 Å². The molecule has 112 valence electrons. The summed E-state index contributed by atoms with van der Waals surface area (Å²) in [7, 11) is 0. The minimum absolute atomic E-state index is 0.0651. The zero-order valence-electron chi connectivity index (χ0n) is 11.3. The van der Waals surface area contributed by atoms with Crippen molar-refractivity contribution in [3.8, 4) is 5.75 Å². The zero-order chi connectivity index (χ0) is 16.2. The molecule has 0 unspecified atom stereocenters. The largest absolute Gasteiger partial charge is 0.480 e. The van der Waals surface area contributed by atoms with Gasteiger partial charge in [0.15, 0.2) is 0 Å². The van der Waals surface area contributed by atoms with Crippen molar-refractivity contribution in [2.75, 3.05) is 0 Å². The summed E-state index contributed by atoms with van der Waals surface area (Å²) in [5, 5.41) is 18.8. The molecule has 0 spiro atoms. The molecule has 2 rings (SSSR count). The minimum Gasteiger partial charge on any atom is -0.480 e. The number of para-hydroxylation sites is 1. The van der Waals surface area contributed by atoms with Crippen LogP contribution in [0.2, 0.25) is 0 Å². The highest BCUT2D eigenvalue weighted by Crippen LogP contribution is 2.28. The lowest BCUT2D eigenvalue weighted by molar-refractivity contribution is -0.166. The molecule has 6 heteroatoms. The predicted molar refractivity (Wildman–Crippen MR) is 75.5 cm³/mol. The number of rotatable bonds is 5. The molecular weight excluding hydrogens is 288 g/mol. The van der Waals surface area contributed by atoms with Gasteiger partial charge in [-0.15, -0.1) is 0 Å². The van der Waals surface area contributed by atoms with Crippen LogP contribution >= 0.6 is 0 Å². The van der Waals surface area contributed by atoms with E-state index < -0.39 is 23.3 Å². The fourth-order valence-electron chi connectivity index (χ4n) is 1.99. The maximum atomic E-state index is 12.3. The van der Waals surface area contributed by atoms with Crippen molar-refractivity contribution >= 4 is 17.9 Å². The Labute approximate surface area is 125 Å². The molecule has 0 aliphatic rings. The molecule has 2 aromatic rings. The van der Waals surface area contributed by atoms with Gasteiger partial charge in [-0.3, -0.25) is 0 Å². The Morgan fingerprint density at radius 3 is 1.68 bits per heavy atom. The number of hydrogen-bond donors (Lipinski definition) is 2. The Morgan fingerprint density at radius 2 is 1.23 bits per heavy atom. The molecule has 6 nitrogen and oxygen atoms in total. The average molecular weight is 300 g/mol. The van der Waals surface area contributed by atoms with Gasteiger partial charge in [-0.25, -0.2) is 14.4 Å². The first-order valence-corrected chi connectivity index (χ1v) is 6.29. The predicted octanol–water partition coefficient (Wildman–Crippen LogP) is 1.70. The number of carbonyl (C=O) groups excluding carboxylic acids is 1. The summed E-state index contributed by atoms with van der Waals surface area (Å²) in [6, 6.07) is 14.7. The maximum Gasteiger partial charge on any atom is 0.345 e. The number of carboxylic acid groups (broad SMARTS) is 2. The summed E-state index contributed by atoms with van der Waals surface area (Å²) in [6.07, 6.45) is 0. The maximum absolute atomic E-state index is 12.3. The second-order valence-electron chi connectivity index (χ2n) is 4.43. The number of aliphatic carboxylic acids is 2. The van der Waals surface area contributed by atoms with E-state index in [0.717, 1.165) is 0 Å². The van der Waals surface area contributed by atoms with Crippen LogP contribution in [0.1, 0.15) is 5.56 Å². The molecule has 0 saturated carbocycles. The van der Waals surface area contributed by atoms with Crippen molar-refractivity contribution in [3.63, 3.8) is 0 Å². The molecule has 0 fully saturated rings. The number of benzene rings is 2. The fraction of sp³-hybridized carbons (Fsp3) is 0.0625. The molecule has 2 aromatic carbocycles. The van der Waals surface area contributed by atoms with E-state index in [1.165, 1.54) is 36.4 Å². The van der Waals surface area contributed by atoms with Crippen LogP contribution in [0, 0.1) is 0 Å². The molecule has 0 bridgehead atoms. The molecule has 0 aliphatic heterocycles. The van der Waals surface area contributed by atoms with Crippen LogP contribution in [0.3, 0.4) is 0 Å². The summed E-state index contributed by atoms with van der Waals surface area (Å²) in [4.78, 5) is 35.6. The topological polar surface area (TPSA) is 101 Å². The molecule has 0 atom stereocenters. The Bertz CT molecular complexity index is 679.